The smallest absolute Gasteiger partial charge is 0.225 e. The molecule has 0 radical (unpaired) electrons. The quantitative estimate of drug-likeness (QED) is 0.838. The van der Waals surface area contributed by atoms with E-state index in [2.05, 4.69) is 32.1 Å². The summed E-state index contributed by atoms with van der Waals surface area (Å²) in [7, 11) is 1.68. The Morgan fingerprint density at radius 1 is 1.12 bits per heavy atom. The number of piperidine rings is 1. The van der Waals surface area contributed by atoms with E-state index in [1.165, 1.54) is 18.4 Å². The van der Waals surface area contributed by atoms with Crippen LogP contribution in [0.25, 0.3) is 0 Å². The number of hydrogen-bond donors (Lipinski definition) is 0. The maximum Gasteiger partial charge on any atom is 0.225 e. The van der Waals surface area contributed by atoms with Crippen molar-refractivity contribution in [2.45, 2.75) is 63.8 Å². The molecule has 2 aliphatic rings. The van der Waals surface area contributed by atoms with Gasteiger partial charge < -0.3 is 9.64 Å². The van der Waals surface area contributed by atoms with Crippen LogP contribution < -0.4 is 4.90 Å². The minimum absolute atomic E-state index is 0.409. The van der Waals surface area contributed by atoms with E-state index in [0.29, 0.717) is 24.7 Å². The van der Waals surface area contributed by atoms with Gasteiger partial charge in [0, 0.05) is 31.6 Å². The Hall–Kier alpha value is -2.02. The normalized spacial score (nSPS) is 26.1. The molecule has 0 N–H and O–H groups in total. The molecule has 0 spiro atoms. The fraction of sp³-hybridized carbons (Fsp3) is 0.647. The van der Waals surface area contributed by atoms with Gasteiger partial charge in [0.05, 0.1) is 18.8 Å². The zero-order chi connectivity index (χ0) is 16.5. The number of aromatic nitrogens is 5. The summed E-state index contributed by atoms with van der Waals surface area (Å²) in [5.74, 6) is 0.886. The molecule has 2 unspecified atom stereocenters. The van der Waals surface area contributed by atoms with Crippen LogP contribution >= 0.6 is 0 Å². The molecule has 2 aromatic rings. The van der Waals surface area contributed by atoms with E-state index in [0.717, 1.165) is 30.9 Å². The minimum Gasteiger partial charge on any atom is -0.378 e. The lowest BCUT2D eigenvalue weighted by Gasteiger charge is -2.38. The highest BCUT2D eigenvalue weighted by Gasteiger charge is 2.42. The first-order valence-electron chi connectivity index (χ1n) is 8.77. The highest BCUT2D eigenvalue weighted by atomic mass is 16.5. The van der Waals surface area contributed by atoms with E-state index in [-0.39, 0.29) is 0 Å². The highest BCUT2D eigenvalue weighted by molar-refractivity contribution is 5.37. The summed E-state index contributed by atoms with van der Waals surface area (Å²) in [6.07, 6.45) is 11.5. The summed E-state index contributed by atoms with van der Waals surface area (Å²) in [4.78, 5) is 11.6. The van der Waals surface area contributed by atoms with Crippen molar-refractivity contribution in [3.63, 3.8) is 0 Å². The zero-order valence-corrected chi connectivity index (χ0v) is 14.3. The van der Waals surface area contributed by atoms with Gasteiger partial charge in [-0.1, -0.05) is 12.1 Å². The Bertz CT molecular complexity index is 671. The molecule has 4 heterocycles. The van der Waals surface area contributed by atoms with Crippen LogP contribution in [-0.4, -0.2) is 44.2 Å². The maximum atomic E-state index is 5.14. The minimum atomic E-state index is 0.409. The molecular formula is C17H24N6O. The van der Waals surface area contributed by atoms with E-state index in [4.69, 9.17) is 4.74 Å². The van der Waals surface area contributed by atoms with Gasteiger partial charge in [0.1, 0.15) is 5.69 Å². The third-order valence-corrected chi connectivity index (χ3v) is 5.26. The Kier molecular flexibility index (Phi) is 4.18. The van der Waals surface area contributed by atoms with E-state index in [1.807, 2.05) is 23.3 Å². The number of aryl methyl sites for hydroxylation is 1. The van der Waals surface area contributed by atoms with Crippen molar-refractivity contribution in [1.29, 1.82) is 0 Å². The van der Waals surface area contributed by atoms with Crippen LogP contribution in [0.15, 0.2) is 18.6 Å². The fourth-order valence-corrected chi connectivity index (χ4v) is 4.06. The molecule has 0 aliphatic carbocycles. The largest absolute Gasteiger partial charge is 0.378 e. The molecule has 0 aromatic carbocycles. The maximum absolute atomic E-state index is 5.14. The van der Waals surface area contributed by atoms with Crippen LogP contribution in [0.3, 0.4) is 0 Å². The van der Waals surface area contributed by atoms with Crippen molar-refractivity contribution in [3.05, 3.63) is 29.8 Å². The first kappa shape index (κ1) is 15.5. The molecule has 4 rings (SSSR count). The molecule has 0 saturated carbocycles. The van der Waals surface area contributed by atoms with Gasteiger partial charge in [0.15, 0.2) is 0 Å². The van der Waals surface area contributed by atoms with Crippen molar-refractivity contribution in [2.24, 2.45) is 0 Å². The van der Waals surface area contributed by atoms with E-state index >= 15 is 0 Å². The second-order valence-electron chi connectivity index (χ2n) is 6.79. The van der Waals surface area contributed by atoms with Gasteiger partial charge >= 0.3 is 0 Å². The summed E-state index contributed by atoms with van der Waals surface area (Å²) in [5.41, 5.74) is 2.08. The van der Waals surface area contributed by atoms with E-state index in [9.17, 15) is 0 Å². The van der Waals surface area contributed by atoms with Crippen LogP contribution in [0, 0.1) is 0 Å². The lowest BCUT2D eigenvalue weighted by molar-refractivity contribution is 0.181. The number of fused-ring (bicyclic) bond motifs is 2. The number of hydrogen-bond acceptors (Lipinski definition) is 6. The summed E-state index contributed by atoms with van der Waals surface area (Å²) in [6, 6.07) is 1.40. The first-order chi connectivity index (χ1) is 11.8. The van der Waals surface area contributed by atoms with Crippen molar-refractivity contribution in [3.8, 4) is 0 Å². The molecule has 24 heavy (non-hydrogen) atoms. The van der Waals surface area contributed by atoms with Crippen molar-refractivity contribution < 1.29 is 4.74 Å². The summed E-state index contributed by atoms with van der Waals surface area (Å²) >= 11 is 0. The SMILES string of the molecule is CCc1cnc(N2C3CCC2CC(n2cc(COC)nn2)C3)nc1. The molecule has 2 aromatic heterocycles. The molecule has 128 valence electrons. The summed E-state index contributed by atoms with van der Waals surface area (Å²) in [5, 5.41) is 8.51. The topological polar surface area (TPSA) is 69.0 Å². The van der Waals surface area contributed by atoms with Crippen molar-refractivity contribution in [1.82, 2.24) is 25.0 Å². The number of rotatable bonds is 5. The Labute approximate surface area is 142 Å². The van der Waals surface area contributed by atoms with Crippen molar-refractivity contribution in [2.75, 3.05) is 12.0 Å². The predicted octanol–water partition coefficient (Wildman–Crippen LogP) is 2.15. The lowest BCUT2D eigenvalue weighted by Crippen LogP contribution is -2.44. The van der Waals surface area contributed by atoms with Gasteiger partial charge in [-0.05, 0) is 37.7 Å². The third kappa shape index (κ3) is 2.77. The zero-order valence-electron chi connectivity index (χ0n) is 14.3. The monoisotopic (exact) mass is 328 g/mol. The summed E-state index contributed by atoms with van der Waals surface area (Å²) in [6.45, 7) is 2.65. The Balaban J connectivity index is 1.50. The fourth-order valence-electron chi connectivity index (χ4n) is 4.06. The van der Waals surface area contributed by atoms with Gasteiger partial charge in [-0.3, -0.25) is 0 Å². The summed E-state index contributed by atoms with van der Waals surface area (Å²) < 4.78 is 7.16. The van der Waals surface area contributed by atoms with Gasteiger partial charge in [-0.15, -0.1) is 5.10 Å². The Morgan fingerprint density at radius 3 is 2.46 bits per heavy atom. The number of methoxy groups -OCH3 is 1. The van der Waals surface area contributed by atoms with Gasteiger partial charge in [-0.25, -0.2) is 14.6 Å². The van der Waals surface area contributed by atoms with Crippen LogP contribution in [-0.2, 0) is 17.8 Å². The van der Waals surface area contributed by atoms with Crippen molar-refractivity contribution >= 4 is 5.95 Å². The molecule has 2 bridgehead atoms. The van der Waals surface area contributed by atoms with Gasteiger partial charge in [-0.2, -0.15) is 0 Å². The number of anilines is 1. The Morgan fingerprint density at radius 2 is 1.83 bits per heavy atom. The van der Waals surface area contributed by atoms with Crippen LogP contribution in [0.1, 0.15) is 49.9 Å². The average Bonchev–Trinajstić information content (AvgIpc) is 3.18. The molecule has 7 nitrogen and oxygen atoms in total. The molecule has 7 heteroatoms. The van der Waals surface area contributed by atoms with Gasteiger partial charge in [0.25, 0.3) is 0 Å². The first-order valence-corrected chi connectivity index (χ1v) is 8.77. The molecule has 0 amide bonds. The van der Waals surface area contributed by atoms with Crippen LogP contribution in [0.2, 0.25) is 0 Å². The molecule has 2 fully saturated rings. The van der Waals surface area contributed by atoms with Crippen LogP contribution in [0.5, 0.6) is 0 Å². The molecule has 2 aliphatic heterocycles. The average molecular weight is 328 g/mol. The third-order valence-electron chi connectivity index (χ3n) is 5.26. The number of ether oxygens (including phenoxy) is 1. The van der Waals surface area contributed by atoms with Crippen LogP contribution in [0.4, 0.5) is 5.95 Å². The highest BCUT2D eigenvalue weighted by Crippen LogP contribution is 2.42. The second-order valence-corrected chi connectivity index (χ2v) is 6.79. The van der Waals surface area contributed by atoms with Gasteiger partial charge in [0.2, 0.25) is 5.95 Å². The molecule has 2 atom stereocenters. The number of nitrogens with zero attached hydrogens (tertiary/aromatic N) is 6. The molecule has 2 saturated heterocycles. The molecular weight excluding hydrogens is 304 g/mol. The van der Waals surface area contributed by atoms with E-state index < -0.39 is 0 Å². The van der Waals surface area contributed by atoms with E-state index in [1.54, 1.807) is 7.11 Å². The second kappa shape index (κ2) is 6.47. The predicted molar refractivity (Wildman–Crippen MR) is 89.7 cm³/mol. The standard InChI is InChI=1S/C17H24N6O/c1-3-12-8-18-17(19-9-12)23-14-4-5-15(23)7-16(6-14)22-10-13(11-24-2)20-21-22/h8-10,14-16H,3-7,11H2,1-2H3. The lowest BCUT2D eigenvalue weighted by atomic mass is 9.98.